The fourth-order valence-electron chi connectivity index (χ4n) is 1.65. The standard InChI is InChI=1S/C13H11O3/c14-11-3-1-10-6-12(4-2-9(10)5-11)15-7-13-8-16-13/h1-6,13H,7-8H2. The van der Waals surface area contributed by atoms with Gasteiger partial charge < -0.3 is 9.47 Å². The molecule has 1 aliphatic heterocycles. The molecule has 3 heteroatoms. The summed E-state index contributed by atoms with van der Waals surface area (Å²) in [5.74, 6) is 0.856. The van der Waals surface area contributed by atoms with Crippen molar-refractivity contribution in [3.8, 4) is 11.5 Å². The van der Waals surface area contributed by atoms with Gasteiger partial charge in [0.05, 0.1) is 6.61 Å². The minimum atomic E-state index is 0.0348. The first-order valence-corrected chi connectivity index (χ1v) is 5.26. The van der Waals surface area contributed by atoms with Crippen molar-refractivity contribution >= 4 is 10.8 Å². The average Bonchev–Trinajstić information content (AvgIpc) is 3.10. The van der Waals surface area contributed by atoms with Crippen LogP contribution in [0.15, 0.2) is 36.4 Å². The molecule has 1 atom stereocenters. The first-order valence-electron chi connectivity index (χ1n) is 5.26. The highest BCUT2D eigenvalue weighted by Crippen LogP contribution is 2.25. The Labute approximate surface area is 93.2 Å². The zero-order chi connectivity index (χ0) is 11.0. The molecule has 1 unspecified atom stereocenters. The number of hydrogen-bond acceptors (Lipinski definition) is 2. The molecule has 2 aromatic carbocycles. The third-order valence-corrected chi connectivity index (χ3v) is 2.62. The second kappa shape index (κ2) is 3.68. The van der Waals surface area contributed by atoms with Crippen LogP contribution in [0.25, 0.3) is 10.8 Å². The monoisotopic (exact) mass is 215 g/mol. The zero-order valence-corrected chi connectivity index (χ0v) is 8.68. The predicted octanol–water partition coefficient (Wildman–Crippen LogP) is 2.76. The van der Waals surface area contributed by atoms with Crippen LogP contribution in [0.4, 0.5) is 0 Å². The number of fused-ring (bicyclic) bond motifs is 1. The highest BCUT2D eigenvalue weighted by atomic mass is 16.6. The molecule has 3 rings (SSSR count). The minimum absolute atomic E-state index is 0.0348. The van der Waals surface area contributed by atoms with Gasteiger partial charge in [0.25, 0.3) is 0 Å². The summed E-state index contributed by atoms with van der Waals surface area (Å²) < 4.78 is 10.6. The summed E-state index contributed by atoms with van der Waals surface area (Å²) in [5, 5.41) is 13.1. The number of epoxide rings is 1. The van der Waals surface area contributed by atoms with Gasteiger partial charge in [0, 0.05) is 0 Å². The molecule has 1 fully saturated rings. The van der Waals surface area contributed by atoms with Gasteiger partial charge in [0.1, 0.15) is 18.5 Å². The van der Waals surface area contributed by atoms with Gasteiger partial charge in [-0.05, 0) is 35.0 Å². The van der Waals surface area contributed by atoms with Gasteiger partial charge in [-0.15, -0.1) is 0 Å². The van der Waals surface area contributed by atoms with Crippen molar-refractivity contribution in [3.05, 3.63) is 36.4 Å². The van der Waals surface area contributed by atoms with Crippen LogP contribution in [0.1, 0.15) is 0 Å². The van der Waals surface area contributed by atoms with Crippen LogP contribution in [0.3, 0.4) is 0 Å². The first kappa shape index (κ1) is 9.48. The molecule has 1 heterocycles. The van der Waals surface area contributed by atoms with Crippen molar-refractivity contribution in [1.82, 2.24) is 0 Å². The van der Waals surface area contributed by atoms with E-state index in [0.717, 1.165) is 23.1 Å². The summed E-state index contributed by atoms with van der Waals surface area (Å²) >= 11 is 0. The number of hydrogen-bond donors (Lipinski definition) is 0. The summed E-state index contributed by atoms with van der Waals surface area (Å²) in [4.78, 5) is 0. The first-order chi connectivity index (χ1) is 7.81. The zero-order valence-electron chi connectivity index (χ0n) is 8.68. The van der Waals surface area contributed by atoms with Gasteiger partial charge in [0.15, 0.2) is 5.75 Å². The van der Waals surface area contributed by atoms with E-state index in [1.54, 1.807) is 12.1 Å². The molecule has 1 radical (unpaired) electrons. The Morgan fingerprint density at radius 2 is 1.94 bits per heavy atom. The van der Waals surface area contributed by atoms with E-state index in [1.807, 2.05) is 24.3 Å². The molecule has 0 amide bonds. The smallest absolute Gasteiger partial charge is 0.179 e. The second-order valence-electron chi connectivity index (χ2n) is 3.94. The summed E-state index contributed by atoms with van der Waals surface area (Å²) in [5.41, 5.74) is 0. The maximum atomic E-state index is 11.1. The Hall–Kier alpha value is -1.74. The third kappa shape index (κ3) is 1.95. The van der Waals surface area contributed by atoms with Crippen molar-refractivity contribution in [3.63, 3.8) is 0 Å². The van der Waals surface area contributed by atoms with Crippen molar-refractivity contribution in [2.45, 2.75) is 6.10 Å². The quantitative estimate of drug-likeness (QED) is 0.739. The molecule has 16 heavy (non-hydrogen) atoms. The minimum Gasteiger partial charge on any atom is -0.491 e. The summed E-state index contributed by atoms with van der Waals surface area (Å²) in [6, 6.07) is 10.7. The van der Waals surface area contributed by atoms with Crippen LogP contribution >= 0.6 is 0 Å². The molecule has 2 aromatic rings. The van der Waals surface area contributed by atoms with Gasteiger partial charge in [-0.2, -0.15) is 0 Å². The van der Waals surface area contributed by atoms with Gasteiger partial charge in [0.2, 0.25) is 0 Å². The Balaban J connectivity index is 1.86. The molecule has 0 aromatic heterocycles. The maximum absolute atomic E-state index is 11.1. The lowest BCUT2D eigenvalue weighted by Gasteiger charge is -2.05. The molecular formula is C13H11O3. The van der Waals surface area contributed by atoms with E-state index in [0.29, 0.717) is 6.61 Å². The van der Waals surface area contributed by atoms with Crippen molar-refractivity contribution in [2.24, 2.45) is 0 Å². The van der Waals surface area contributed by atoms with E-state index in [4.69, 9.17) is 9.47 Å². The molecule has 3 nitrogen and oxygen atoms in total. The van der Waals surface area contributed by atoms with Crippen LogP contribution in [0.2, 0.25) is 0 Å². The van der Waals surface area contributed by atoms with E-state index in [-0.39, 0.29) is 11.9 Å². The van der Waals surface area contributed by atoms with Crippen LogP contribution in [0.5, 0.6) is 11.5 Å². The number of benzene rings is 2. The summed E-state index contributed by atoms with van der Waals surface area (Å²) in [6.45, 7) is 1.40. The maximum Gasteiger partial charge on any atom is 0.179 e. The SMILES string of the molecule is [O]c1ccc2cc(OCC3CO3)ccc2c1. The van der Waals surface area contributed by atoms with Gasteiger partial charge in [-0.1, -0.05) is 12.1 Å². The van der Waals surface area contributed by atoms with Crippen molar-refractivity contribution in [1.29, 1.82) is 0 Å². The van der Waals surface area contributed by atoms with Crippen molar-refractivity contribution in [2.75, 3.05) is 13.2 Å². The van der Waals surface area contributed by atoms with E-state index in [1.165, 1.54) is 0 Å². The van der Waals surface area contributed by atoms with Gasteiger partial charge in [-0.25, -0.2) is 0 Å². The van der Waals surface area contributed by atoms with E-state index >= 15 is 0 Å². The van der Waals surface area contributed by atoms with E-state index < -0.39 is 0 Å². The van der Waals surface area contributed by atoms with Crippen LogP contribution < -0.4 is 4.74 Å². The highest BCUT2D eigenvalue weighted by molar-refractivity contribution is 5.85. The molecule has 81 valence electrons. The number of ether oxygens (including phenoxy) is 2. The average molecular weight is 215 g/mol. The normalized spacial score (nSPS) is 18.6. The predicted molar refractivity (Wildman–Crippen MR) is 59.3 cm³/mol. The largest absolute Gasteiger partial charge is 0.491 e. The second-order valence-corrected chi connectivity index (χ2v) is 3.94. The molecule has 0 bridgehead atoms. The lowest BCUT2D eigenvalue weighted by Crippen LogP contribution is -2.03. The summed E-state index contributed by atoms with van der Waals surface area (Å²) in [7, 11) is 0. The molecule has 0 spiro atoms. The third-order valence-electron chi connectivity index (χ3n) is 2.62. The Morgan fingerprint density at radius 3 is 2.75 bits per heavy atom. The Bertz CT molecular complexity index is 518. The van der Waals surface area contributed by atoms with E-state index in [2.05, 4.69) is 0 Å². The summed E-state index contributed by atoms with van der Waals surface area (Å²) in [6.07, 6.45) is 0.264. The topological polar surface area (TPSA) is 41.7 Å². The van der Waals surface area contributed by atoms with Gasteiger partial charge in [-0.3, -0.25) is 5.11 Å². The molecule has 0 saturated carbocycles. The van der Waals surface area contributed by atoms with Crippen molar-refractivity contribution < 1.29 is 14.6 Å². The lowest BCUT2D eigenvalue weighted by atomic mass is 10.1. The lowest BCUT2D eigenvalue weighted by molar-refractivity contribution is 0.263. The fourth-order valence-corrected chi connectivity index (χ4v) is 1.65. The Kier molecular flexibility index (Phi) is 2.18. The highest BCUT2D eigenvalue weighted by Gasteiger charge is 2.22. The fraction of sp³-hybridized carbons (Fsp3) is 0.231. The van der Waals surface area contributed by atoms with Crippen LogP contribution in [-0.2, 0) is 9.84 Å². The van der Waals surface area contributed by atoms with Gasteiger partial charge >= 0.3 is 0 Å². The molecule has 0 N–H and O–H groups in total. The molecule has 0 aliphatic carbocycles. The van der Waals surface area contributed by atoms with Crippen LogP contribution in [-0.4, -0.2) is 19.3 Å². The molecule has 1 saturated heterocycles. The van der Waals surface area contributed by atoms with E-state index in [9.17, 15) is 5.11 Å². The van der Waals surface area contributed by atoms with Crippen LogP contribution in [0, 0.1) is 0 Å². The molecule has 1 aliphatic rings. The molecular weight excluding hydrogens is 204 g/mol. The number of rotatable bonds is 3. The Morgan fingerprint density at radius 1 is 1.19 bits per heavy atom.